The third-order valence-electron chi connectivity index (χ3n) is 3.87. The van der Waals surface area contributed by atoms with Crippen LogP contribution in [0.1, 0.15) is 24.6 Å². The summed E-state index contributed by atoms with van der Waals surface area (Å²) in [4.78, 5) is 8.80. The number of nitrogens with zero attached hydrogens (tertiary/aromatic N) is 4. The number of furan rings is 1. The molecule has 0 radical (unpaired) electrons. The Morgan fingerprint density at radius 2 is 1.91 bits per heavy atom. The van der Waals surface area contributed by atoms with Crippen LogP contribution < -0.4 is 0 Å². The van der Waals surface area contributed by atoms with Crippen molar-refractivity contribution in [3.05, 3.63) is 48.7 Å². The van der Waals surface area contributed by atoms with Gasteiger partial charge in [-0.15, -0.1) is 5.10 Å². The predicted molar refractivity (Wildman–Crippen MR) is 79.7 cm³/mol. The van der Waals surface area contributed by atoms with Crippen LogP contribution in [0.5, 0.6) is 0 Å². The molecule has 6 nitrogen and oxygen atoms in total. The standard InChI is InChI=1S/C16H16N4O2/c1-2-14(22-9-1)15-18-16(12-5-10-21-11-6-12)20(19-15)13-3-7-17-8-4-13/h1-4,7-9,12H,5-6,10-11H2. The van der Waals surface area contributed by atoms with Gasteiger partial charge in [0, 0.05) is 31.5 Å². The Morgan fingerprint density at radius 3 is 2.64 bits per heavy atom. The lowest BCUT2D eigenvalue weighted by Gasteiger charge is -2.21. The van der Waals surface area contributed by atoms with Gasteiger partial charge in [-0.05, 0) is 37.1 Å². The largest absolute Gasteiger partial charge is 0.461 e. The molecule has 6 heteroatoms. The fraction of sp³-hybridized carbons (Fsp3) is 0.312. The molecule has 1 fully saturated rings. The Morgan fingerprint density at radius 1 is 1.09 bits per heavy atom. The van der Waals surface area contributed by atoms with Gasteiger partial charge in [0.25, 0.3) is 0 Å². The minimum absolute atomic E-state index is 0.345. The van der Waals surface area contributed by atoms with Crippen LogP contribution in [0.2, 0.25) is 0 Å². The first-order valence-electron chi connectivity index (χ1n) is 7.41. The van der Waals surface area contributed by atoms with Crippen molar-refractivity contribution in [3.63, 3.8) is 0 Å². The molecule has 3 aromatic heterocycles. The van der Waals surface area contributed by atoms with E-state index in [-0.39, 0.29) is 0 Å². The van der Waals surface area contributed by atoms with E-state index in [1.807, 2.05) is 28.9 Å². The monoisotopic (exact) mass is 296 g/mol. The van der Waals surface area contributed by atoms with E-state index < -0.39 is 0 Å². The van der Waals surface area contributed by atoms with Gasteiger partial charge >= 0.3 is 0 Å². The summed E-state index contributed by atoms with van der Waals surface area (Å²) < 4.78 is 12.8. The van der Waals surface area contributed by atoms with Crippen molar-refractivity contribution in [1.29, 1.82) is 0 Å². The summed E-state index contributed by atoms with van der Waals surface area (Å²) in [6.45, 7) is 1.54. The first-order valence-corrected chi connectivity index (χ1v) is 7.41. The normalized spacial score (nSPS) is 16.0. The highest BCUT2D eigenvalue weighted by atomic mass is 16.5. The molecule has 0 atom stereocenters. The third kappa shape index (κ3) is 2.42. The van der Waals surface area contributed by atoms with Gasteiger partial charge < -0.3 is 9.15 Å². The molecular weight excluding hydrogens is 280 g/mol. The van der Waals surface area contributed by atoms with Gasteiger partial charge in [-0.3, -0.25) is 4.98 Å². The number of hydrogen-bond acceptors (Lipinski definition) is 5. The number of hydrogen-bond donors (Lipinski definition) is 0. The number of aromatic nitrogens is 4. The minimum Gasteiger partial charge on any atom is -0.461 e. The molecule has 0 N–H and O–H groups in total. The zero-order valence-corrected chi connectivity index (χ0v) is 12.1. The van der Waals surface area contributed by atoms with Gasteiger partial charge in [0.2, 0.25) is 5.82 Å². The summed E-state index contributed by atoms with van der Waals surface area (Å²) in [5.74, 6) is 2.60. The maximum absolute atomic E-state index is 5.46. The van der Waals surface area contributed by atoms with Crippen LogP contribution in [0.15, 0.2) is 47.3 Å². The van der Waals surface area contributed by atoms with Crippen molar-refractivity contribution >= 4 is 0 Å². The van der Waals surface area contributed by atoms with E-state index in [1.54, 1.807) is 18.7 Å². The zero-order chi connectivity index (χ0) is 14.8. The number of pyridine rings is 1. The molecule has 1 saturated heterocycles. The van der Waals surface area contributed by atoms with Crippen molar-refractivity contribution in [3.8, 4) is 17.3 Å². The summed E-state index contributed by atoms with van der Waals surface area (Å²) in [5.41, 5.74) is 0.960. The van der Waals surface area contributed by atoms with Crippen LogP contribution >= 0.6 is 0 Å². The molecule has 0 saturated carbocycles. The lowest BCUT2D eigenvalue weighted by molar-refractivity contribution is 0.0831. The second kappa shape index (κ2) is 5.73. The smallest absolute Gasteiger partial charge is 0.217 e. The molecule has 112 valence electrons. The second-order valence-corrected chi connectivity index (χ2v) is 5.27. The molecule has 0 aromatic carbocycles. The highest BCUT2D eigenvalue weighted by Crippen LogP contribution is 2.29. The van der Waals surface area contributed by atoms with Crippen molar-refractivity contribution in [1.82, 2.24) is 19.7 Å². The van der Waals surface area contributed by atoms with E-state index in [9.17, 15) is 0 Å². The van der Waals surface area contributed by atoms with Crippen molar-refractivity contribution < 1.29 is 9.15 Å². The van der Waals surface area contributed by atoms with E-state index in [2.05, 4.69) is 10.1 Å². The maximum Gasteiger partial charge on any atom is 0.217 e. The summed E-state index contributed by atoms with van der Waals surface area (Å²) in [6.07, 6.45) is 7.08. The Balaban J connectivity index is 1.80. The predicted octanol–water partition coefficient (Wildman–Crippen LogP) is 2.82. The molecule has 0 amide bonds. The van der Waals surface area contributed by atoms with Crippen LogP contribution in [0.4, 0.5) is 0 Å². The molecule has 1 aliphatic rings. The summed E-state index contributed by atoms with van der Waals surface area (Å²) in [6, 6.07) is 7.59. The van der Waals surface area contributed by atoms with Crippen LogP contribution in [0.3, 0.4) is 0 Å². The van der Waals surface area contributed by atoms with E-state index in [0.29, 0.717) is 17.5 Å². The molecule has 1 aliphatic heterocycles. The third-order valence-corrected chi connectivity index (χ3v) is 3.87. The van der Waals surface area contributed by atoms with E-state index in [4.69, 9.17) is 14.1 Å². The minimum atomic E-state index is 0.345. The van der Waals surface area contributed by atoms with Crippen LogP contribution in [-0.2, 0) is 4.74 Å². The summed E-state index contributed by atoms with van der Waals surface area (Å²) >= 11 is 0. The second-order valence-electron chi connectivity index (χ2n) is 5.27. The molecule has 0 spiro atoms. The zero-order valence-electron chi connectivity index (χ0n) is 12.1. The first kappa shape index (κ1) is 13.2. The number of rotatable bonds is 3. The number of ether oxygens (including phenoxy) is 1. The van der Waals surface area contributed by atoms with Gasteiger partial charge in [-0.25, -0.2) is 9.67 Å². The molecule has 0 aliphatic carbocycles. The van der Waals surface area contributed by atoms with Crippen LogP contribution in [-0.4, -0.2) is 33.0 Å². The lowest BCUT2D eigenvalue weighted by atomic mass is 9.99. The van der Waals surface area contributed by atoms with Gasteiger partial charge in [0.05, 0.1) is 12.0 Å². The van der Waals surface area contributed by atoms with Gasteiger partial charge in [-0.1, -0.05) is 0 Å². The van der Waals surface area contributed by atoms with Crippen molar-refractivity contribution in [2.75, 3.05) is 13.2 Å². The van der Waals surface area contributed by atoms with Crippen molar-refractivity contribution in [2.24, 2.45) is 0 Å². The molecule has 3 aromatic rings. The van der Waals surface area contributed by atoms with Gasteiger partial charge in [0.1, 0.15) is 5.82 Å². The average Bonchev–Trinajstić information content (AvgIpc) is 3.26. The fourth-order valence-corrected chi connectivity index (χ4v) is 2.73. The van der Waals surface area contributed by atoms with E-state index in [1.165, 1.54) is 0 Å². The Bertz CT molecular complexity index is 731. The Hall–Kier alpha value is -2.47. The highest BCUT2D eigenvalue weighted by Gasteiger charge is 2.24. The quantitative estimate of drug-likeness (QED) is 0.743. The van der Waals surface area contributed by atoms with Crippen molar-refractivity contribution in [2.45, 2.75) is 18.8 Å². The fourth-order valence-electron chi connectivity index (χ4n) is 2.73. The average molecular weight is 296 g/mol. The molecule has 0 unspecified atom stereocenters. The first-order chi connectivity index (χ1) is 10.9. The van der Waals surface area contributed by atoms with E-state index >= 15 is 0 Å². The molecule has 22 heavy (non-hydrogen) atoms. The lowest BCUT2D eigenvalue weighted by Crippen LogP contribution is -2.18. The summed E-state index contributed by atoms with van der Waals surface area (Å²) in [7, 11) is 0. The molecule has 4 rings (SSSR count). The SMILES string of the molecule is c1coc(-c2nc(C3CCOCC3)n(-c3ccncc3)n2)c1. The van der Waals surface area contributed by atoms with Crippen LogP contribution in [0.25, 0.3) is 17.3 Å². The maximum atomic E-state index is 5.46. The Kier molecular flexibility index (Phi) is 3.44. The topological polar surface area (TPSA) is 66.0 Å². The van der Waals surface area contributed by atoms with Gasteiger partial charge in [-0.2, -0.15) is 0 Å². The molecule has 0 bridgehead atoms. The van der Waals surface area contributed by atoms with Gasteiger partial charge in [0.15, 0.2) is 5.76 Å². The van der Waals surface area contributed by atoms with E-state index in [0.717, 1.165) is 37.6 Å². The molecular formula is C16H16N4O2. The highest BCUT2D eigenvalue weighted by molar-refractivity contribution is 5.47. The van der Waals surface area contributed by atoms with Crippen LogP contribution in [0, 0.1) is 0 Å². The summed E-state index contributed by atoms with van der Waals surface area (Å²) in [5, 5.41) is 4.64. The Labute approximate surface area is 127 Å². The molecule has 4 heterocycles.